The first-order chi connectivity index (χ1) is 13.3. The molecule has 1 aliphatic heterocycles. The number of hydrogen-bond donors (Lipinski definition) is 1. The Morgan fingerprint density at radius 2 is 1.67 bits per heavy atom. The fourth-order valence-corrected chi connectivity index (χ4v) is 3.15. The Balaban J connectivity index is 1.62. The Hall–Kier alpha value is -2.99. The molecule has 6 heteroatoms. The number of nitrogens with one attached hydrogen (secondary N) is 1. The topological polar surface area (TPSA) is 57.2 Å². The van der Waals surface area contributed by atoms with E-state index in [-0.39, 0.29) is 0 Å². The van der Waals surface area contributed by atoms with Crippen molar-refractivity contribution in [2.24, 2.45) is 0 Å². The number of pyridine rings is 1. The first-order valence-electron chi connectivity index (χ1n) is 9.29. The summed E-state index contributed by atoms with van der Waals surface area (Å²) in [6, 6.07) is 16.4. The summed E-state index contributed by atoms with van der Waals surface area (Å²) in [5, 5.41) is 3.37. The molecular formula is C21H24N6. The van der Waals surface area contributed by atoms with Crippen LogP contribution in [0.4, 0.5) is 11.8 Å². The highest BCUT2D eigenvalue weighted by atomic mass is 15.3. The molecular weight excluding hydrogens is 336 g/mol. The summed E-state index contributed by atoms with van der Waals surface area (Å²) in [6.07, 6.45) is 3.60. The molecule has 1 N–H and O–H groups in total. The maximum absolute atomic E-state index is 4.79. The van der Waals surface area contributed by atoms with Crippen molar-refractivity contribution < 1.29 is 0 Å². The highest BCUT2D eigenvalue weighted by molar-refractivity contribution is 5.65. The average Bonchev–Trinajstić information content (AvgIpc) is 2.74. The van der Waals surface area contributed by atoms with Gasteiger partial charge in [0, 0.05) is 56.7 Å². The Labute approximate surface area is 159 Å². The van der Waals surface area contributed by atoms with Crippen LogP contribution in [0.3, 0.4) is 0 Å². The van der Waals surface area contributed by atoms with Gasteiger partial charge in [-0.05, 0) is 24.7 Å². The molecule has 2 aromatic heterocycles. The van der Waals surface area contributed by atoms with Crippen LogP contribution in [0.1, 0.15) is 5.56 Å². The summed E-state index contributed by atoms with van der Waals surface area (Å²) < 4.78 is 0. The third-order valence-corrected chi connectivity index (χ3v) is 4.81. The molecule has 3 heterocycles. The molecule has 0 unspecified atom stereocenters. The number of piperazine rings is 1. The molecule has 1 saturated heterocycles. The predicted molar refractivity (Wildman–Crippen MR) is 109 cm³/mol. The third-order valence-electron chi connectivity index (χ3n) is 4.81. The highest BCUT2D eigenvalue weighted by Gasteiger charge is 2.17. The smallest absolute Gasteiger partial charge is 0.225 e. The fourth-order valence-electron chi connectivity index (χ4n) is 3.15. The lowest BCUT2D eigenvalue weighted by Gasteiger charge is -2.33. The molecule has 4 rings (SSSR count). The summed E-state index contributed by atoms with van der Waals surface area (Å²) in [7, 11) is 2.16. The maximum Gasteiger partial charge on any atom is 0.225 e. The van der Waals surface area contributed by atoms with Gasteiger partial charge >= 0.3 is 0 Å². The van der Waals surface area contributed by atoms with Crippen LogP contribution in [-0.4, -0.2) is 53.1 Å². The number of hydrogen-bond acceptors (Lipinski definition) is 6. The van der Waals surface area contributed by atoms with Crippen LogP contribution in [0.2, 0.25) is 0 Å². The molecule has 0 saturated carbocycles. The third kappa shape index (κ3) is 4.41. The zero-order valence-electron chi connectivity index (χ0n) is 15.5. The van der Waals surface area contributed by atoms with E-state index in [0.29, 0.717) is 12.5 Å². The molecule has 0 aliphatic carbocycles. The van der Waals surface area contributed by atoms with Gasteiger partial charge in [-0.25, -0.2) is 4.98 Å². The van der Waals surface area contributed by atoms with Crippen molar-refractivity contribution in [1.29, 1.82) is 0 Å². The SMILES string of the molecule is CN1CCN(c2cc(-c3ccccc3)nc(NCc3ccncc3)n2)CC1. The minimum atomic E-state index is 0.655. The van der Waals surface area contributed by atoms with Crippen LogP contribution in [0.15, 0.2) is 60.9 Å². The first kappa shape index (κ1) is 17.4. The van der Waals surface area contributed by atoms with Crippen LogP contribution in [-0.2, 0) is 6.54 Å². The van der Waals surface area contributed by atoms with E-state index in [9.17, 15) is 0 Å². The van der Waals surface area contributed by atoms with Crippen LogP contribution in [0, 0.1) is 0 Å². The summed E-state index contributed by atoms with van der Waals surface area (Å²) in [5.41, 5.74) is 3.19. The van der Waals surface area contributed by atoms with Crippen molar-refractivity contribution >= 4 is 11.8 Å². The Morgan fingerprint density at radius 3 is 2.41 bits per heavy atom. The second kappa shape index (κ2) is 8.14. The summed E-state index contributed by atoms with van der Waals surface area (Å²) in [6.45, 7) is 4.72. The van der Waals surface area contributed by atoms with E-state index in [1.54, 1.807) is 12.4 Å². The zero-order chi connectivity index (χ0) is 18.5. The van der Waals surface area contributed by atoms with E-state index in [2.05, 4.69) is 45.3 Å². The number of anilines is 2. The molecule has 0 radical (unpaired) electrons. The van der Waals surface area contributed by atoms with Gasteiger partial charge in [-0.2, -0.15) is 4.98 Å². The number of rotatable bonds is 5. The lowest BCUT2D eigenvalue weighted by Crippen LogP contribution is -2.44. The van der Waals surface area contributed by atoms with Gasteiger partial charge in [0.2, 0.25) is 5.95 Å². The molecule has 6 nitrogen and oxygen atoms in total. The molecule has 1 aliphatic rings. The van der Waals surface area contributed by atoms with Crippen molar-refractivity contribution in [1.82, 2.24) is 19.9 Å². The largest absolute Gasteiger partial charge is 0.354 e. The maximum atomic E-state index is 4.79. The molecule has 0 spiro atoms. The lowest BCUT2D eigenvalue weighted by molar-refractivity contribution is 0.312. The molecule has 0 atom stereocenters. The normalized spacial score (nSPS) is 14.9. The van der Waals surface area contributed by atoms with E-state index in [4.69, 9.17) is 9.97 Å². The van der Waals surface area contributed by atoms with Gasteiger partial charge in [-0.1, -0.05) is 30.3 Å². The van der Waals surface area contributed by atoms with E-state index < -0.39 is 0 Å². The minimum Gasteiger partial charge on any atom is -0.354 e. The molecule has 0 bridgehead atoms. The molecule has 0 amide bonds. The summed E-state index contributed by atoms with van der Waals surface area (Å²) in [4.78, 5) is 18.3. The number of aromatic nitrogens is 3. The van der Waals surface area contributed by atoms with Crippen LogP contribution in [0.5, 0.6) is 0 Å². The molecule has 27 heavy (non-hydrogen) atoms. The monoisotopic (exact) mass is 360 g/mol. The van der Waals surface area contributed by atoms with E-state index in [0.717, 1.165) is 48.8 Å². The van der Waals surface area contributed by atoms with Gasteiger partial charge in [0.1, 0.15) is 5.82 Å². The summed E-state index contributed by atoms with van der Waals surface area (Å²) >= 11 is 0. The van der Waals surface area contributed by atoms with Crippen molar-refractivity contribution in [2.75, 3.05) is 43.4 Å². The number of nitrogens with zero attached hydrogens (tertiary/aromatic N) is 5. The van der Waals surface area contributed by atoms with Crippen molar-refractivity contribution in [2.45, 2.75) is 6.54 Å². The van der Waals surface area contributed by atoms with Crippen molar-refractivity contribution in [3.8, 4) is 11.3 Å². The van der Waals surface area contributed by atoms with Gasteiger partial charge in [-0.15, -0.1) is 0 Å². The zero-order valence-corrected chi connectivity index (χ0v) is 15.5. The van der Waals surface area contributed by atoms with Crippen LogP contribution in [0.25, 0.3) is 11.3 Å². The second-order valence-electron chi connectivity index (χ2n) is 6.80. The van der Waals surface area contributed by atoms with E-state index >= 15 is 0 Å². The molecule has 138 valence electrons. The van der Waals surface area contributed by atoms with Crippen LogP contribution >= 0.6 is 0 Å². The average molecular weight is 360 g/mol. The minimum absolute atomic E-state index is 0.655. The molecule has 1 fully saturated rings. The Morgan fingerprint density at radius 1 is 0.926 bits per heavy atom. The number of likely N-dealkylation sites (N-methyl/N-ethyl adjacent to an activating group) is 1. The quantitative estimate of drug-likeness (QED) is 0.755. The van der Waals surface area contributed by atoms with E-state index in [1.807, 2.05) is 30.3 Å². The van der Waals surface area contributed by atoms with Gasteiger partial charge in [-0.3, -0.25) is 4.98 Å². The van der Waals surface area contributed by atoms with E-state index in [1.165, 1.54) is 0 Å². The second-order valence-corrected chi connectivity index (χ2v) is 6.80. The Bertz CT molecular complexity index is 860. The van der Waals surface area contributed by atoms with Crippen molar-refractivity contribution in [3.63, 3.8) is 0 Å². The molecule has 3 aromatic rings. The first-order valence-corrected chi connectivity index (χ1v) is 9.29. The van der Waals surface area contributed by atoms with Gasteiger partial charge < -0.3 is 15.1 Å². The standard InChI is InChI=1S/C21H24N6/c1-26-11-13-27(14-12-26)20-15-19(18-5-3-2-4-6-18)24-21(25-20)23-16-17-7-9-22-10-8-17/h2-10,15H,11-14,16H2,1H3,(H,23,24,25). The van der Waals surface area contributed by atoms with Crippen molar-refractivity contribution in [3.05, 3.63) is 66.5 Å². The summed E-state index contributed by atoms with van der Waals surface area (Å²) in [5.74, 6) is 1.64. The van der Waals surface area contributed by atoms with Gasteiger partial charge in [0.05, 0.1) is 5.69 Å². The van der Waals surface area contributed by atoms with Gasteiger partial charge in [0.25, 0.3) is 0 Å². The number of benzene rings is 1. The predicted octanol–water partition coefficient (Wildman–Crippen LogP) is 2.90. The lowest BCUT2D eigenvalue weighted by atomic mass is 10.1. The van der Waals surface area contributed by atoms with Crippen LogP contribution < -0.4 is 10.2 Å². The molecule has 1 aromatic carbocycles. The van der Waals surface area contributed by atoms with Gasteiger partial charge in [0.15, 0.2) is 0 Å². The fraction of sp³-hybridized carbons (Fsp3) is 0.286. The highest BCUT2D eigenvalue weighted by Crippen LogP contribution is 2.24. The Kier molecular flexibility index (Phi) is 5.25.